The Morgan fingerprint density at radius 1 is 0.242 bits per heavy atom. The number of pyridine rings is 2. The number of hydrogen-bond acceptors (Lipinski definition) is 2. The fraction of sp³-hybridized carbons (Fsp3) is 0. The summed E-state index contributed by atoms with van der Waals surface area (Å²) >= 11 is 0. The van der Waals surface area contributed by atoms with Gasteiger partial charge < -0.3 is 9.13 Å². The van der Waals surface area contributed by atoms with Crippen molar-refractivity contribution in [2.45, 2.75) is 0 Å². The van der Waals surface area contributed by atoms with Crippen LogP contribution in [0, 0.1) is 0 Å². The summed E-state index contributed by atoms with van der Waals surface area (Å²) in [6.45, 7) is 0. The van der Waals surface area contributed by atoms with E-state index >= 15 is 0 Å². The van der Waals surface area contributed by atoms with Crippen molar-refractivity contribution < 1.29 is 0 Å². The van der Waals surface area contributed by atoms with Crippen LogP contribution in [0.25, 0.3) is 111 Å². The van der Waals surface area contributed by atoms with Crippen molar-refractivity contribution in [2.75, 3.05) is 0 Å². The zero-order chi connectivity index (χ0) is 41.0. The number of hydrogen-bond donors (Lipinski definition) is 0. The first kappa shape index (κ1) is 35.6. The molecule has 0 radical (unpaired) electrons. The highest BCUT2D eigenvalue weighted by Gasteiger charge is 2.22. The lowest BCUT2D eigenvalue weighted by Crippen LogP contribution is -1.99. The number of para-hydroxylation sites is 2. The average Bonchev–Trinajstić information content (AvgIpc) is 3.89. The van der Waals surface area contributed by atoms with E-state index in [1.807, 2.05) is 12.4 Å². The van der Waals surface area contributed by atoms with Gasteiger partial charge in [-0.1, -0.05) is 182 Å². The Hall–Kier alpha value is -8.34. The molecule has 62 heavy (non-hydrogen) atoms. The lowest BCUT2D eigenvalue weighted by molar-refractivity contribution is 1.16. The molecule has 0 fully saturated rings. The molecule has 0 amide bonds. The fourth-order valence-corrected chi connectivity index (χ4v) is 9.46. The van der Waals surface area contributed by atoms with Gasteiger partial charge in [-0.2, -0.15) is 0 Å². The van der Waals surface area contributed by atoms with Crippen molar-refractivity contribution in [1.82, 2.24) is 19.1 Å². The maximum absolute atomic E-state index is 5.01. The Morgan fingerprint density at radius 2 is 0.581 bits per heavy atom. The lowest BCUT2D eigenvalue weighted by atomic mass is 10.0. The molecule has 0 spiro atoms. The minimum absolute atomic E-state index is 0.962. The van der Waals surface area contributed by atoms with Gasteiger partial charge in [0.25, 0.3) is 0 Å². The van der Waals surface area contributed by atoms with Gasteiger partial charge in [0.15, 0.2) is 0 Å². The van der Waals surface area contributed by atoms with E-state index in [2.05, 4.69) is 228 Å². The number of nitrogens with zero attached hydrogens (tertiary/aromatic N) is 4. The SMILES string of the molecule is c1ccc(-c2cccc3c4ccnc(-c5ccccc5)c4n(-c4ccc(-c5ccc(-n6c7c(-c8ccccc8)cccc7c7ccnc(-c8ccccc8)c76)cc5)cc4)c23)cc1. The Kier molecular flexibility index (Phi) is 8.46. The fourth-order valence-electron chi connectivity index (χ4n) is 9.46. The standard InChI is InChI=1S/C58H38N4/c1-5-15-41(16-6-1)47-23-13-25-49-51-35-37-59-53(43-19-9-3-10-20-43)57(51)61(55(47)49)45-31-27-39(28-32-45)40-29-33-46(34-30-40)62-56-48(42-17-7-2-8-18-42)24-14-26-50(56)52-36-38-60-54(58(52)62)44-21-11-4-12-22-44/h1-38H. The number of rotatable bonds is 7. The summed E-state index contributed by atoms with van der Waals surface area (Å²) in [5.74, 6) is 0. The highest BCUT2D eigenvalue weighted by Crippen LogP contribution is 2.43. The molecule has 4 heteroatoms. The van der Waals surface area contributed by atoms with Gasteiger partial charge in [-0.15, -0.1) is 0 Å². The zero-order valence-electron chi connectivity index (χ0n) is 33.7. The largest absolute Gasteiger partial charge is 0.306 e. The molecule has 12 aromatic rings. The maximum atomic E-state index is 5.01. The molecular formula is C58H38N4. The first-order valence-electron chi connectivity index (χ1n) is 21.1. The summed E-state index contributed by atoms with van der Waals surface area (Å²) in [7, 11) is 0. The lowest BCUT2D eigenvalue weighted by Gasteiger charge is -2.15. The van der Waals surface area contributed by atoms with Crippen molar-refractivity contribution in [3.63, 3.8) is 0 Å². The van der Waals surface area contributed by atoms with Crippen LogP contribution in [0.1, 0.15) is 0 Å². The van der Waals surface area contributed by atoms with Gasteiger partial charge in [0.2, 0.25) is 0 Å². The molecule has 0 saturated carbocycles. The Labute approximate surface area is 359 Å². The first-order valence-corrected chi connectivity index (χ1v) is 21.1. The monoisotopic (exact) mass is 790 g/mol. The molecule has 0 saturated heterocycles. The van der Waals surface area contributed by atoms with Crippen molar-refractivity contribution >= 4 is 43.6 Å². The van der Waals surface area contributed by atoms with E-state index in [1.54, 1.807) is 0 Å². The third-order valence-corrected chi connectivity index (χ3v) is 12.2. The minimum Gasteiger partial charge on any atom is -0.306 e. The van der Waals surface area contributed by atoms with Gasteiger partial charge in [-0.25, -0.2) is 0 Å². The Morgan fingerprint density at radius 3 is 0.952 bits per heavy atom. The van der Waals surface area contributed by atoms with Crippen LogP contribution < -0.4 is 0 Å². The van der Waals surface area contributed by atoms with Crippen molar-refractivity contribution in [3.8, 4) is 67.3 Å². The quantitative estimate of drug-likeness (QED) is 0.161. The molecule has 4 heterocycles. The van der Waals surface area contributed by atoms with Crippen LogP contribution in [-0.4, -0.2) is 19.1 Å². The molecule has 4 nitrogen and oxygen atoms in total. The predicted octanol–water partition coefficient (Wildman–Crippen LogP) is 15.0. The van der Waals surface area contributed by atoms with Crippen LogP contribution in [0.2, 0.25) is 0 Å². The van der Waals surface area contributed by atoms with E-state index in [9.17, 15) is 0 Å². The summed E-state index contributed by atoms with van der Waals surface area (Å²) in [6, 6.07) is 78.0. The molecule has 8 aromatic carbocycles. The van der Waals surface area contributed by atoms with Crippen LogP contribution in [0.3, 0.4) is 0 Å². The van der Waals surface area contributed by atoms with Crippen LogP contribution >= 0.6 is 0 Å². The third kappa shape index (κ3) is 5.76. The predicted molar refractivity (Wildman–Crippen MR) is 258 cm³/mol. The summed E-state index contributed by atoms with van der Waals surface area (Å²) in [4.78, 5) is 10.0. The third-order valence-electron chi connectivity index (χ3n) is 12.2. The first-order chi connectivity index (χ1) is 30.8. The molecule has 0 atom stereocenters. The molecule has 0 aliphatic heterocycles. The van der Waals surface area contributed by atoms with Gasteiger partial charge >= 0.3 is 0 Å². The second-order valence-electron chi connectivity index (χ2n) is 15.7. The van der Waals surface area contributed by atoms with Gasteiger partial charge in [-0.3, -0.25) is 9.97 Å². The van der Waals surface area contributed by atoms with Crippen molar-refractivity contribution in [3.05, 3.63) is 231 Å². The summed E-state index contributed by atoms with van der Waals surface area (Å²) in [5, 5.41) is 4.76. The topological polar surface area (TPSA) is 35.6 Å². The van der Waals surface area contributed by atoms with Crippen LogP contribution in [0.5, 0.6) is 0 Å². The van der Waals surface area contributed by atoms with E-state index in [0.29, 0.717) is 0 Å². The van der Waals surface area contributed by atoms with E-state index in [1.165, 1.54) is 54.8 Å². The van der Waals surface area contributed by atoms with Crippen LogP contribution in [0.4, 0.5) is 0 Å². The highest BCUT2D eigenvalue weighted by molar-refractivity contribution is 6.18. The average molecular weight is 791 g/mol. The summed E-state index contributed by atoms with van der Waals surface area (Å²) in [5.41, 5.74) is 17.8. The normalized spacial score (nSPS) is 11.5. The minimum atomic E-state index is 0.962. The van der Waals surface area contributed by atoms with Gasteiger partial charge in [0.05, 0.1) is 33.5 Å². The van der Waals surface area contributed by atoms with Gasteiger partial charge in [0.1, 0.15) is 0 Å². The maximum Gasteiger partial charge on any atom is 0.0948 e. The zero-order valence-corrected chi connectivity index (χ0v) is 33.7. The number of aromatic nitrogens is 4. The van der Waals surface area contributed by atoms with Gasteiger partial charge in [-0.05, 0) is 58.7 Å². The molecule has 0 unspecified atom stereocenters. The molecular weight excluding hydrogens is 753 g/mol. The molecule has 0 N–H and O–H groups in total. The molecule has 0 bridgehead atoms. The Bertz CT molecular complexity index is 3140. The van der Waals surface area contributed by atoms with Gasteiger partial charge in [0, 0.05) is 67.6 Å². The van der Waals surface area contributed by atoms with E-state index < -0.39 is 0 Å². The van der Waals surface area contributed by atoms with Crippen molar-refractivity contribution in [1.29, 1.82) is 0 Å². The van der Waals surface area contributed by atoms with E-state index in [0.717, 1.165) is 56.0 Å². The molecule has 12 rings (SSSR count). The van der Waals surface area contributed by atoms with E-state index in [4.69, 9.17) is 9.97 Å². The van der Waals surface area contributed by atoms with Crippen molar-refractivity contribution in [2.24, 2.45) is 0 Å². The molecule has 0 aliphatic rings. The molecule has 0 aliphatic carbocycles. The summed E-state index contributed by atoms with van der Waals surface area (Å²) in [6.07, 6.45) is 3.88. The van der Waals surface area contributed by atoms with Crippen LogP contribution in [0.15, 0.2) is 231 Å². The van der Waals surface area contributed by atoms with E-state index in [-0.39, 0.29) is 0 Å². The highest BCUT2D eigenvalue weighted by atomic mass is 15.0. The second-order valence-corrected chi connectivity index (χ2v) is 15.7. The molecule has 290 valence electrons. The Balaban J connectivity index is 1.02. The molecule has 4 aromatic heterocycles. The second kappa shape index (κ2) is 14.7. The van der Waals surface area contributed by atoms with Crippen LogP contribution in [-0.2, 0) is 0 Å². The summed E-state index contributed by atoms with van der Waals surface area (Å²) < 4.78 is 4.83. The number of benzene rings is 8. The number of fused-ring (bicyclic) bond motifs is 6. The smallest absolute Gasteiger partial charge is 0.0948 e.